The third kappa shape index (κ3) is 5.08. The van der Waals surface area contributed by atoms with Gasteiger partial charge < -0.3 is 15.3 Å². The van der Waals surface area contributed by atoms with Crippen LogP contribution in [0.25, 0.3) is 0 Å². The number of nitrogens with zero attached hydrogens (tertiary/aromatic N) is 2. The number of hydrogen-bond acceptors (Lipinski definition) is 5. The number of anilines is 1. The van der Waals surface area contributed by atoms with Gasteiger partial charge in [-0.05, 0) is 31.4 Å². The van der Waals surface area contributed by atoms with Gasteiger partial charge in [0.05, 0.1) is 10.5 Å². The molecule has 1 atom stereocenters. The molecule has 1 aliphatic rings. The summed E-state index contributed by atoms with van der Waals surface area (Å²) in [5, 5.41) is 22.8. The molecule has 1 aromatic carbocycles. The van der Waals surface area contributed by atoms with E-state index in [0.717, 1.165) is 6.07 Å². The summed E-state index contributed by atoms with van der Waals surface area (Å²) in [4.78, 5) is 34.8. The van der Waals surface area contributed by atoms with Gasteiger partial charge in [0.1, 0.15) is 11.7 Å². The molecule has 1 aliphatic heterocycles. The Morgan fingerprint density at radius 2 is 2.04 bits per heavy atom. The first-order valence-electron chi connectivity index (χ1n) is 8.23. The van der Waals surface area contributed by atoms with Crippen molar-refractivity contribution in [3.8, 4) is 0 Å². The molecule has 8 nitrogen and oxygen atoms in total. The van der Waals surface area contributed by atoms with Crippen molar-refractivity contribution in [2.45, 2.75) is 37.9 Å². The Morgan fingerprint density at radius 3 is 2.63 bits per heavy atom. The first-order chi connectivity index (χ1) is 12.6. The van der Waals surface area contributed by atoms with E-state index in [1.165, 1.54) is 4.90 Å². The van der Waals surface area contributed by atoms with Crippen LogP contribution in [0, 0.1) is 10.1 Å². The minimum Gasteiger partial charge on any atom is -0.480 e. The predicted octanol–water partition coefficient (Wildman–Crippen LogP) is 2.88. The highest BCUT2D eigenvalue weighted by Crippen LogP contribution is 2.34. The molecular formula is C16H18F3N3O5. The van der Waals surface area contributed by atoms with Gasteiger partial charge >= 0.3 is 12.1 Å². The van der Waals surface area contributed by atoms with Gasteiger partial charge in [0.25, 0.3) is 5.69 Å². The number of benzene rings is 1. The first kappa shape index (κ1) is 20.5. The van der Waals surface area contributed by atoms with Gasteiger partial charge in [0.15, 0.2) is 0 Å². The Labute approximate surface area is 152 Å². The summed E-state index contributed by atoms with van der Waals surface area (Å²) in [6, 6.07) is 1.18. The van der Waals surface area contributed by atoms with Crippen molar-refractivity contribution >= 4 is 23.3 Å². The van der Waals surface area contributed by atoms with Crippen molar-refractivity contribution in [3.05, 3.63) is 33.9 Å². The molecule has 27 heavy (non-hydrogen) atoms. The molecule has 0 radical (unpaired) electrons. The molecule has 0 spiro atoms. The highest BCUT2D eigenvalue weighted by atomic mass is 19.4. The van der Waals surface area contributed by atoms with E-state index in [1.54, 1.807) is 0 Å². The van der Waals surface area contributed by atoms with Crippen LogP contribution in [0.2, 0.25) is 0 Å². The van der Waals surface area contributed by atoms with Crippen LogP contribution in [0.15, 0.2) is 18.2 Å². The van der Waals surface area contributed by atoms with Crippen LogP contribution >= 0.6 is 0 Å². The van der Waals surface area contributed by atoms with Gasteiger partial charge in [-0.2, -0.15) is 13.2 Å². The standard InChI is InChI=1S/C16H18F3N3O5/c17-16(18,19)10-4-5-11(13(9-10)22(26)27)20-7-6-14(23)21-8-2-1-3-12(21)15(24)25/h4-5,9,12,20H,1-3,6-8H2,(H,24,25)/t12-/m1/s1. The number of rotatable bonds is 6. The molecule has 0 bridgehead atoms. The number of alkyl halides is 3. The van der Waals surface area contributed by atoms with Crippen molar-refractivity contribution in [3.63, 3.8) is 0 Å². The Hall–Kier alpha value is -2.85. The number of aliphatic carboxylic acids is 1. The van der Waals surface area contributed by atoms with Crippen molar-refractivity contribution in [2.75, 3.05) is 18.4 Å². The van der Waals surface area contributed by atoms with Crippen LogP contribution in [0.5, 0.6) is 0 Å². The molecule has 11 heteroatoms. The molecular weight excluding hydrogens is 371 g/mol. The Morgan fingerprint density at radius 1 is 1.33 bits per heavy atom. The minimum absolute atomic E-state index is 0.0755. The van der Waals surface area contributed by atoms with Crippen molar-refractivity contribution in [1.82, 2.24) is 4.90 Å². The van der Waals surface area contributed by atoms with Gasteiger partial charge in [-0.3, -0.25) is 14.9 Å². The highest BCUT2D eigenvalue weighted by molar-refractivity contribution is 5.84. The number of carboxylic acids is 1. The molecule has 0 saturated carbocycles. The molecule has 0 unspecified atom stereocenters. The van der Waals surface area contributed by atoms with Crippen LogP contribution in [-0.2, 0) is 15.8 Å². The lowest BCUT2D eigenvalue weighted by atomic mass is 10.0. The topological polar surface area (TPSA) is 113 Å². The van der Waals surface area contributed by atoms with E-state index >= 15 is 0 Å². The highest BCUT2D eigenvalue weighted by Gasteiger charge is 2.33. The van der Waals surface area contributed by atoms with E-state index < -0.39 is 40.3 Å². The summed E-state index contributed by atoms with van der Waals surface area (Å²) in [6.07, 6.45) is -3.09. The van der Waals surface area contributed by atoms with Crippen LogP contribution < -0.4 is 5.32 Å². The predicted molar refractivity (Wildman–Crippen MR) is 88.2 cm³/mol. The molecule has 1 saturated heterocycles. The summed E-state index contributed by atoms with van der Waals surface area (Å²) in [5.74, 6) is -1.52. The van der Waals surface area contributed by atoms with E-state index in [0.29, 0.717) is 37.9 Å². The fourth-order valence-electron chi connectivity index (χ4n) is 2.94. The number of carboxylic acid groups (broad SMARTS) is 1. The molecule has 1 fully saturated rings. The van der Waals surface area contributed by atoms with Crippen LogP contribution in [0.1, 0.15) is 31.2 Å². The van der Waals surface area contributed by atoms with Crippen molar-refractivity contribution in [1.29, 1.82) is 0 Å². The van der Waals surface area contributed by atoms with E-state index in [2.05, 4.69) is 5.32 Å². The van der Waals surface area contributed by atoms with Crippen LogP contribution in [0.4, 0.5) is 24.5 Å². The molecule has 0 aromatic heterocycles. The maximum absolute atomic E-state index is 12.7. The maximum Gasteiger partial charge on any atom is 0.416 e. The summed E-state index contributed by atoms with van der Waals surface area (Å²) < 4.78 is 38.1. The first-order valence-corrected chi connectivity index (χ1v) is 8.23. The molecule has 1 amide bonds. The lowest BCUT2D eigenvalue weighted by Crippen LogP contribution is -2.48. The van der Waals surface area contributed by atoms with E-state index in [1.807, 2.05) is 0 Å². The number of nitrogens with one attached hydrogen (secondary N) is 1. The minimum atomic E-state index is -4.71. The lowest BCUT2D eigenvalue weighted by molar-refractivity contribution is -0.384. The summed E-state index contributed by atoms with van der Waals surface area (Å²) in [6.45, 7) is 0.240. The number of hydrogen-bond donors (Lipinski definition) is 2. The number of carbonyl (C=O) groups is 2. The summed E-state index contributed by atoms with van der Waals surface area (Å²) >= 11 is 0. The molecule has 2 rings (SSSR count). The Kier molecular flexibility index (Phi) is 6.24. The van der Waals surface area contributed by atoms with Crippen molar-refractivity contribution < 1.29 is 32.8 Å². The monoisotopic (exact) mass is 389 g/mol. The van der Waals surface area contributed by atoms with E-state index in [-0.39, 0.29) is 18.7 Å². The number of nitro benzene ring substituents is 1. The van der Waals surface area contributed by atoms with Gasteiger partial charge in [0.2, 0.25) is 5.91 Å². The Bertz CT molecular complexity index is 739. The number of halogens is 3. The number of piperidine rings is 1. The second kappa shape index (κ2) is 8.23. The zero-order chi connectivity index (χ0) is 20.2. The fraction of sp³-hybridized carbons (Fsp3) is 0.500. The zero-order valence-electron chi connectivity index (χ0n) is 14.2. The van der Waals surface area contributed by atoms with Crippen LogP contribution in [0.3, 0.4) is 0 Å². The quantitative estimate of drug-likeness (QED) is 0.571. The number of amides is 1. The van der Waals surface area contributed by atoms with Gasteiger partial charge in [-0.25, -0.2) is 4.79 Å². The summed E-state index contributed by atoms with van der Waals surface area (Å²) in [7, 11) is 0. The molecule has 2 N–H and O–H groups in total. The van der Waals surface area contributed by atoms with Crippen molar-refractivity contribution in [2.24, 2.45) is 0 Å². The smallest absolute Gasteiger partial charge is 0.416 e. The lowest BCUT2D eigenvalue weighted by Gasteiger charge is -2.33. The largest absolute Gasteiger partial charge is 0.480 e. The number of likely N-dealkylation sites (tertiary alicyclic amines) is 1. The normalized spacial score (nSPS) is 17.4. The fourth-order valence-corrected chi connectivity index (χ4v) is 2.94. The maximum atomic E-state index is 12.7. The number of nitro groups is 1. The van der Waals surface area contributed by atoms with E-state index in [4.69, 9.17) is 0 Å². The average Bonchev–Trinajstić information content (AvgIpc) is 2.60. The van der Waals surface area contributed by atoms with Gasteiger partial charge in [-0.1, -0.05) is 0 Å². The molecule has 0 aliphatic carbocycles. The third-order valence-electron chi connectivity index (χ3n) is 4.28. The van der Waals surface area contributed by atoms with Gasteiger partial charge in [-0.15, -0.1) is 0 Å². The summed E-state index contributed by atoms with van der Waals surface area (Å²) in [5.41, 5.74) is -2.04. The third-order valence-corrected chi connectivity index (χ3v) is 4.28. The van der Waals surface area contributed by atoms with Crippen LogP contribution in [-0.4, -0.2) is 45.9 Å². The SMILES string of the molecule is O=C(O)[C@H]1CCCCN1C(=O)CCNc1ccc(C(F)(F)F)cc1[N+](=O)[O-]. The average molecular weight is 389 g/mol. The second-order valence-corrected chi connectivity index (χ2v) is 6.10. The second-order valence-electron chi connectivity index (χ2n) is 6.10. The van der Waals surface area contributed by atoms with E-state index in [9.17, 15) is 38.0 Å². The zero-order valence-corrected chi connectivity index (χ0v) is 14.2. The number of carbonyl (C=O) groups excluding carboxylic acids is 1. The van der Waals surface area contributed by atoms with Gasteiger partial charge in [0, 0.05) is 25.6 Å². The molecule has 1 heterocycles. The Balaban J connectivity index is 2.03. The molecule has 148 valence electrons. The molecule has 1 aromatic rings.